The van der Waals surface area contributed by atoms with Crippen LogP contribution in [-0.2, 0) is 9.59 Å². The third-order valence-corrected chi connectivity index (χ3v) is 4.42. The first-order chi connectivity index (χ1) is 12.5. The molecule has 26 heavy (non-hydrogen) atoms. The number of rotatable bonds is 8. The molecule has 138 valence electrons. The van der Waals surface area contributed by atoms with Gasteiger partial charge in [0.25, 0.3) is 0 Å². The van der Waals surface area contributed by atoms with E-state index in [1.54, 1.807) is 11.9 Å². The Hall–Kier alpha value is -2.34. The van der Waals surface area contributed by atoms with Gasteiger partial charge in [0.1, 0.15) is 12.4 Å². The quantitative estimate of drug-likeness (QED) is 0.712. The molecule has 0 aliphatic carbocycles. The molecule has 0 saturated carbocycles. The van der Waals surface area contributed by atoms with Crippen molar-refractivity contribution in [1.29, 1.82) is 0 Å². The van der Waals surface area contributed by atoms with Crippen molar-refractivity contribution in [2.45, 2.75) is 19.4 Å². The van der Waals surface area contributed by atoms with E-state index in [1.807, 2.05) is 54.6 Å². The molecule has 0 aromatic heterocycles. The second-order valence-corrected chi connectivity index (χ2v) is 6.90. The molecule has 6 heteroatoms. The number of hydrogen-bond donors (Lipinski definition) is 1. The van der Waals surface area contributed by atoms with Gasteiger partial charge in [0.2, 0.25) is 11.8 Å². The Morgan fingerprint density at radius 3 is 2.38 bits per heavy atom. The summed E-state index contributed by atoms with van der Waals surface area (Å²) in [4.78, 5) is 25.6. The first kappa shape index (κ1) is 20.0. The van der Waals surface area contributed by atoms with Gasteiger partial charge in [0.15, 0.2) is 0 Å². The number of halogens is 1. The maximum absolute atomic E-state index is 12.5. The normalized spacial score (nSPS) is 11.5. The monoisotopic (exact) mass is 418 g/mol. The summed E-state index contributed by atoms with van der Waals surface area (Å²) in [6.45, 7) is 2.33. The lowest BCUT2D eigenvalue weighted by Gasteiger charge is -2.22. The van der Waals surface area contributed by atoms with Crippen molar-refractivity contribution >= 4 is 27.7 Å². The summed E-state index contributed by atoms with van der Waals surface area (Å²) in [5.74, 6) is 0.550. The van der Waals surface area contributed by atoms with Crippen molar-refractivity contribution in [1.82, 2.24) is 10.2 Å². The fraction of sp³-hybridized carbons (Fsp3) is 0.300. The van der Waals surface area contributed by atoms with Crippen LogP contribution in [0.3, 0.4) is 0 Å². The minimum absolute atomic E-state index is 0.0491. The van der Waals surface area contributed by atoms with Crippen LogP contribution in [-0.4, -0.2) is 36.9 Å². The number of hydrogen-bond acceptors (Lipinski definition) is 3. The van der Waals surface area contributed by atoms with E-state index in [0.717, 1.165) is 15.8 Å². The zero-order valence-electron chi connectivity index (χ0n) is 14.9. The van der Waals surface area contributed by atoms with Gasteiger partial charge in [0.05, 0.1) is 19.0 Å². The number of amides is 2. The van der Waals surface area contributed by atoms with Crippen molar-refractivity contribution in [3.05, 3.63) is 64.6 Å². The van der Waals surface area contributed by atoms with Crippen LogP contribution in [0.2, 0.25) is 0 Å². The molecule has 2 aromatic rings. The molecule has 0 spiro atoms. The number of carbonyl (C=O) groups excluding carboxylic acids is 2. The number of ether oxygens (including phenoxy) is 1. The number of carbonyl (C=O) groups is 2. The Morgan fingerprint density at radius 2 is 1.77 bits per heavy atom. The first-order valence-electron chi connectivity index (χ1n) is 8.40. The molecular weight excluding hydrogens is 396 g/mol. The van der Waals surface area contributed by atoms with Crippen molar-refractivity contribution in [3.63, 3.8) is 0 Å². The summed E-state index contributed by atoms with van der Waals surface area (Å²) >= 11 is 3.38. The van der Waals surface area contributed by atoms with Gasteiger partial charge >= 0.3 is 0 Å². The average molecular weight is 419 g/mol. The van der Waals surface area contributed by atoms with Gasteiger partial charge in [-0.15, -0.1) is 0 Å². The fourth-order valence-corrected chi connectivity index (χ4v) is 2.73. The lowest BCUT2D eigenvalue weighted by atomic mass is 10.0. The zero-order valence-corrected chi connectivity index (χ0v) is 16.5. The summed E-state index contributed by atoms with van der Waals surface area (Å²) in [5.41, 5.74) is 0.913. The molecule has 1 N–H and O–H groups in total. The first-order valence-corrected chi connectivity index (χ1v) is 9.19. The molecular formula is C20H23BrN2O3. The molecule has 2 aromatic carbocycles. The molecule has 2 rings (SSSR count). The van der Waals surface area contributed by atoms with E-state index >= 15 is 0 Å². The molecule has 2 amide bonds. The average Bonchev–Trinajstić information content (AvgIpc) is 2.63. The van der Waals surface area contributed by atoms with Gasteiger partial charge in [0, 0.05) is 18.4 Å². The van der Waals surface area contributed by atoms with Crippen molar-refractivity contribution in [2.24, 2.45) is 0 Å². The molecule has 0 fully saturated rings. The van der Waals surface area contributed by atoms with E-state index in [4.69, 9.17) is 4.74 Å². The van der Waals surface area contributed by atoms with E-state index in [2.05, 4.69) is 21.2 Å². The second kappa shape index (κ2) is 9.97. The molecule has 0 bridgehead atoms. The molecule has 5 nitrogen and oxygen atoms in total. The Kier molecular flexibility index (Phi) is 7.66. The van der Waals surface area contributed by atoms with Crippen molar-refractivity contribution in [3.8, 4) is 5.75 Å². The lowest BCUT2D eigenvalue weighted by molar-refractivity contribution is -0.131. The van der Waals surface area contributed by atoms with Crippen LogP contribution in [0.15, 0.2) is 59.1 Å². The fourth-order valence-electron chi connectivity index (χ4n) is 2.47. The van der Waals surface area contributed by atoms with E-state index in [9.17, 15) is 9.59 Å². The van der Waals surface area contributed by atoms with Gasteiger partial charge in [-0.25, -0.2) is 0 Å². The van der Waals surface area contributed by atoms with Gasteiger partial charge in [-0.1, -0.05) is 46.3 Å². The Bertz CT molecular complexity index is 720. The maximum atomic E-state index is 12.5. The highest BCUT2D eigenvalue weighted by molar-refractivity contribution is 9.10. The third-order valence-electron chi connectivity index (χ3n) is 3.89. The van der Waals surface area contributed by atoms with Gasteiger partial charge < -0.3 is 15.0 Å². The molecule has 1 unspecified atom stereocenters. The smallest absolute Gasteiger partial charge is 0.224 e. The third kappa shape index (κ3) is 6.52. The standard InChI is InChI=1S/C20H23BrN2O3/c1-15(24)22-19(16-6-4-3-5-7-16)14-20(25)23(2)12-13-26-18-10-8-17(21)9-11-18/h3-11,19H,12-14H2,1-2H3,(H,22,24). The summed E-state index contributed by atoms with van der Waals surface area (Å²) in [7, 11) is 1.74. The summed E-state index contributed by atoms with van der Waals surface area (Å²) in [5, 5.41) is 2.85. The van der Waals surface area contributed by atoms with Gasteiger partial charge in [-0.05, 0) is 29.8 Å². The van der Waals surface area contributed by atoms with Crippen LogP contribution in [0.5, 0.6) is 5.75 Å². The van der Waals surface area contributed by atoms with Crippen molar-refractivity contribution < 1.29 is 14.3 Å². The van der Waals surface area contributed by atoms with Gasteiger partial charge in [-0.3, -0.25) is 9.59 Å². The van der Waals surface area contributed by atoms with Crippen LogP contribution < -0.4 is 10.1 Å². The molecule has 0 saturated heterocycles. The summed E-state index contributed by atoms with van der Waals surface area (Å²) < 4.78 is 6.64. The lowest BCUT2D eigenvalue weighted by Crippen LogP contribution is -2.35. The number of nitrogens with one attached hydrogen (secondary N) is 1. The van der Waals surface area contributed by atoms with E-state index in [1.165, 1.54) is 6.92 Å². The number of benzene rings is 2. The predicted molar refractivity (Wildman–Crippen MR) is 105 cm³/mol. The predicted octanol–water partition coefficient (Wildman–Crippen LogP) is 3.55. The maximum Gasteiger partial charge on any atom is 0.224 e. The topological polar surface area (TPSA) is 58.6 Å². The molecule has 0 aliphatic rings. The molecule has 1 atom stereocenters. The minimum atomic E-state index is -0.337. The summed E-state index contributed by atoms with van der Waals surface area (Å²) in [6.07, 6.45) is 0.207. The highest BCUT2D eigenvalue weighted by Gasteiger charge is 2.19. The minimum Gasteiger partial charge on any atom is -0.492 e. The molecule has 0 radical (unpaired) electrons. The van der Waals surface area contributed by atoms with Crippen LogP contribution >= 0.6 is 15.9 Å². The summed E-state index contributed by atoms with van der Waals surface area (Å²) in [6, 6.07) is 16.7. The van der Waals surface area contributed by atoms with Crippen LogP contribution in [0.25, 0.3) is 0 Å². The molecule has 0 aliphatic heterocycles. The van der Waals surface area contributed by atoms with Crippen LogP contribution in [0, 0.1) is 0 Å². The number of likely N-dealkylation sites (N-methyl/N-ethyl adjacent to an activating group) is 1. The Labute approximate surface area is 162 Å². The SMILES string of the molecule is CC(=O)NC(CC(=O)N(C)CCOc1ccc(Br)cc1)c1ccccc1. The zero-order chi connectivity index (χ0) is 18.9. The van der Waals surface area contributed by atoms with E-state index in [0.29, 0.717) is 13.2 Å². The second-order valence-electron chi connectivity index (χ2n) is 5.99. The largest absolute Gasteiger partial charge is 0.492 e. The van der Waals surface area contributed by atoms with Crippen LogP contribution in [0.1, 0.15) is 24.9 Å². The highest BCUT2D eigenvalue weighted by Crippen LogP contribution is 2.18. The van der Waals surface area contributed by atoms with Crippen LogP contribution in [0.4, 0.5) is 0 Å². The Morgan fingerprint density at radius 1 is 1.12 bits per heavy atom. The van der Waals surface area contributed by atoms with E-state index in [-0.39, 0.29) is 24.3 Å². The van der Waals surface area contributed by atoms with E-state index < -0.39 is 0 Å². The Balaban J connectivity index is 1.87. The highest BCUT2D eigenvalue weighted by atomic mass is 79.9. The molecule has 0 heterocycles. The number of nitrogens with zero attached hydrogens (tertiary/aromatic N) is 1. The van der Waals surface area contributed by atoms with Crippen molar-refractivity contribution in [2.75, 3.05) is 20.2 Å². The van der Waals surface area contributed by atoms with Gasteiger partial charge in [-0.2, -0.15) is 0 Å².